The Morgan fingerprint density at radius 2 is 1.90 bits per heavy atom. The van der Waals surface area contributed by atoms with Crippen LogP contribution in [0.25, 0.3) is 0 Å². The molecule has 0 spiro atoms. The summed E-state index contributed by atoms with van der Waals surface area (Å²) in [5, 5.41) is 3.86. The normalized spacial score (nSPS) is 10.7. The van der Waals surface area contributed by atoms with Crippen molar-refractivity contribution in [1.82, 2.24) is 4.98 Å². The van der Waals surface area contributed by atoms with Crippen molar-refractivity contribution in [2.75, 3.05) is 12.4 Å². The minimum atomic E-state index is -0.0179. The lowest BCUT2D eigenvalue weighted by Crippen LogP contribution is -2.14. The number of aromatic nitrogens is 1. The molecule has 2 aromatic rings. The van der Waals surface area contributed by atoms with Crippen LogP contribution in [0.1, 0.15) is 26.7 Å². The number of nitrogens with zero attached hydrogens (tertiary/aromatic N) is 1. The van der Waals surface area contributed by atoms with Crippen molar-refractivity contribution >= 4 is 22.9 Å². The van der Waals surface area contributed by atoms with Crippen LogP contribution in [-0.4, -0.2) is 18.0 Å². The number of anilines is 1. The van der Waals surface area contributed by atoms with Crippen molar-refractivity contribution in [3.8, 4) is 0 Å². The van der Waals surface area contributed by atoms with Crippen molar-refractivity contribution < 1.29 is 9.53 Å². The summed E-state index contributed by atoms with van der Waals surface area (Å²) in [6.07, 6.45) is 0.347. The van der Waals surface area contributed by atoms with Gasteiger partial charge < -0.3 is 10.1 Å². The smallest absolute Gasteiger partial charge is 0.229 e. The van der Waals surface area contributed by atoms with E-state index in [1.54, 1.807) is 7.11 Å². The van der Waals surface area contributed by atoms with Crippen molar-refractivity contribution in [3.05, 3.63) is 44.9 Å². The van der Waals surface area contributed by atoms with E-state index in [2.05, 4.69) is 16.4 Å². The average molecular weight is 304 g/mol. The van der Waals surface area contributed by atoms with Gasteiger partial charge in [0.15, 0.2) is 0 Å². The first kappa shape index (κ1) is 15.7. The van der Waals surface area contributed by atoms with Crippen LogP contribution in [0.4, 0.5) is 5.69 Å². The lowest BCUT2D eigenvalue weighted by molar-refractivity contribution is -0.115. The van der Waals surface area contributed by atoms with E-state index in [-0.39, 0.29) is 5.91 Å². The van der Waals surface area contributed by atoms with E-state index >= 15 is 0 Å². The Bertz CT molecular complexity index is 629. The van der Waals surface area contributed by atoms with Gasteiger partial charge in [-0.1, -0.05) is 6.07 Å². The Labute approximate surface area is 129 Å². The number of hydrogen-bond donors (Lipinski definition) is 1. The Balaban J connectivity index is 2.04. The monoisotopic (exact) mass is 304 g/mol. The second-order valence-corrected chi connectivity index (χ2v) is 6.32. The third kappa shape index (κ3) is 4.37. The van der Waals surface area contributed by atoms with E-state index < -0.39 is 0 Å². The quantitative estimate of drug-likeness (QED) is 0.921. The summed E-state index contributed by atoms with van der Waals surface area (Å²) >= 11 is 1.53. The lowest BCUT2D eigenvalue weighted by Gasteiger charge is -2.07. The summed E-state index contributed by atoms with van der Waals surface area (Å²) in [5.41, 5.74) is 4.03. The number of rotatable bonds is 5. The van der Waals surface area contributed by atoms with Gasteiger partial charge in [-0.15, -0.1) is 11.3 Å². The van der Waals surface area contributed by atoms with Crippen LogP contribution >= 0.6 is 11.3 Å². The first-order valence-corrected chi connectivity index (χ1v) is 7.62. The van der Waals surface area contributed by atoms with Gasteiger partial charge in [-0.3, -0.25) is 4.79 Å². The minimum Gasteiger partial charge on any atom is -0.378 e. The molecule has 0 radical (unpaired) electrons. The number of amides is 1. The van der Waals surface area contributed by atoms with Crippen LogP contribution in [0.3, 0.4) is 0 Å². The number of hydrogen-bond acceptors (Lipinski definition) is 4. The van der Waals surface area contributed by atoms with E-state index in [0.29, 0.717) is 13.0 Å². The second kappa shape index (κ2) is 6.83. The Kier molecular flexibility index (Phi) is 5.09. The number of thiazole rings is 1. The molecule has 1 heterocycles. The number of carbonyl (C=O) groups is 1. The fraction of sp³-hybridized carbons (Fsp3) is 0.375. The molecular formula is C16H20N2O2S. The van der Waals surface area contributed by atoms with E-state index in [0.717, 1.165) is 32.4 Å². The van der Waals surface area contributed by atoms with Gasteiger partial charge in [-0.2, -0.15) is 0 Å². The molecule has 0 fully saturated rings. The lowest BCUT2D eigenvalue weighted by atomic mass is 10.1. The summed E-state index contributed by atoms with van der Waals surface area (Å²) in [7, 11) is 1.64. The first-order chi connectivity index (χ1) is 9.97. The number of benzene rings is 1. The molecule has 1 amide bonds. The predicted molar refractivity (Wildman–Crippen MR) is 85.8 cm³/mol. The Morgan fingerprint density at radius 1 is 1.24 bits per heavy atom. The third-order valence-corrected chi connectivity index (χ3v) is 4.16. The van der Waals surface area contributed by atoms with Gasteiger partial charge in [0.2, 0.25) is 5.91 Å². The average Bonchev–Trinajstić information content (AvgIpc) is 2.68. The molecule has 2 rings (SSSR count). The minimum absolute atomic E-state index is 0.0179. The van der Waals surface area contributed by atoms with E-state index in [1.165, 1.54) is 11.3 Å². The molecule has 0 saturated heterocycles. The molecule has 0 unspecified atom stereocenters. The maximum atomic E-state index is 12.2. The predicted octanol–water partition coefficient (Wildman–Crippen LogP) is 3.40. The van der Waals surface area contributed by atoms with Crippen molar-refractivity contribution in [2.45, 2.75) is 33.8 Å². The van der Waals surface area contributed by atoms with Crippen LogP contribution in [0.2, 0.25) is 0 Å². The van der Waals surface area contributed by atoms with Crippen LogP contribution in [0, 0.1) is 20.8 Å². The SMILES string of the molecule is COCc1nc(C)c(CC(=O)Nc2cc(C)cc(C)c2)s1. The van der Waals surface area contributed by atoms with Crippen molar-refractivity contribution in [2.24, 2.45) is 0 Å². The van der Waals surface area contributed by atoms with Crippen molar-refractivity contribution in [1.29, 1.82) is 0 Å². The molecule has 0 saturated carbocycles. The zero-order chi connectivity index (χ0) is 15.4. The number of methoxy groups -OCH3 is 1. The highest BCUT2D eigenvalue weighted by molar-refractivity contribution is 7.11. The molecule has 0 aliphatic rings. The molecular weight excluding hydrogens is 284 g/mol. The highest BCUT2D eigenvalue weighted by atomic mass is 32.1. The van der Waals surface area contributed by atoms with Gasteiger partial charge in [-0.05, 0) is 44.0 Å². The fourth-order valence-electron chi connectivity index (χ4n) is 2.24. The van der Waals surface area contributed by atoms with E-state index in [4.69, 9.17) is 4.74 Å². The summed E-state index contributed by atoms with van der Waals surface area (Å²) in [4.78, 5) is 17.6. The molecule has 0 aliphatic carbocycles. The Hall–Kier alpha value is -1.72. The maximum absolute atomic E-state index is 12.2. The Morgan fingerprint density at radius 3 is 2.52 bits per heavy atom. The number of carbonyl (C=O) groups excluding carboxylic acids is 1. The van der Waals surface area contributed by atoms with Crippen LogP contribution in [-0.2, 0) is 22.6 Å². The number of ether oxygens (including phenoxy) is 1. The molecule has 21 heavy (non-hydrogen) atoms. The fourth-order valence-corrected chi connectivity index (χ4v) is 3.28. The van der Waals surface area contributed by atoms with Gasteiger partial charge in [0.1, 0.15) is 5.01 Å². The van der Waals surface area contributed by atoms with Gasteiger partial charge in [0, 0.05) is 17.7 Å². The molecule has 1 N–H and O–H groups in total. The summed E-state index contributed by atoms with van der Waals surface area (Å²) in [5.74, 6) is -0.0179. The molecule has 0 atom stereocenters. The van der Waals surface area contributed by atoms with E-state index in [9.17, 15) is 4.79 Å². The van der Waals surface area contributed by atoms with Gasteiger partial charge in [-0.25, -0.2) is 4.98 Å². The van der Waals surface area contributed by atoms with E-state index in [1.807, 2.05) is 32.9 Å². The highest BCUT2D eigenvalue weighted by Gasteiger charge is 2.12. The molecule has 112 valence electrons. The third-order valence-electron chi connectivity index (χ3n) is 3.03. The van der Waals surface area contributed by atoms with Crippen LogP contribution < -0.4 is 5.32 Å². The first-order valence-electron chi connectivity index (χ1n) is 6.80. The van der Waals surface area contributed by atoms with Crippen LogP contribution in [0.5, 0.6) is 0 Å². The van der Waals surface area contributed by atoms with Gasteiger partial charge >= 0.3 is 0 Å². The standard InChI is InChI=1S/C16H20N2O2S/c1-10-5-11(2)7-13(6-10)18-15(19)8-14-12(3)17-16(21-14)9-20-4/h5-7H,8-9H2,1-4H3,(H,18,19). The largest absolute Gasteiger partial charge is 0.378 e. The van der Waals surface area contributed by atoms with Gasteiger partial charge in [0.25, 0.3) is 0 Å². The molecule has 5 heteroatoms. The van der Waals surface area contributed by atoms with Crippen molar-refractivity contribution in [3.63, 3.8) is 0 Å². The molecule has 0 bridgehead atoms. The second-order valence-electron chi connectivity index (χ2n) is 5.15. The molecule has 4 nitrogen and oxygen atoms in total. The summed E-state index contributed by atoms with van der Waals surface area (Å²) in [6.45, 7) is 6.46. The molecule has 1 aromatic heterocycles. The maximum Gasteiger partial charge on any atom is 0.229 e. The summed E-state index contributed by atoms with van der Waals surface area (Å²) in [6, 6.07) is 6.03. The number of nitrogens with one attached hydrogen (secondary N) is 1. The molecule has 1 aromatic carbocycles. The number of aryl methyl sites for hydroxylation is 3. The zero-order valence-electron chi connectivity index (χ0n) is 12.8. The summed E-state index contributed by atoms with van der Waals surface area (Å²) < 4.78 is 5.07. The zero-order valence-corrected chi connectivity index (χ0v) is 13.6. The topological polar surface area (TPSA) is 51.2 Å². The van der Waals surface area contributed by atoms with Crippen LogP contribution in [0.15, 0.2) is 18.2 Å². The highest BCUT2D eigenvalue weighted by Crippen LogP contribution is 2.20. The van der Waals surface area contributed by atoms with Gasteiger partial charge in [0.05, 0.1) is 18.7 Å². The molecule has 0 aliphatic heterocycles.